The summed E-state index contributed by atoms with van der Waals surface area (Å²) in [6.07, 6.45) is 5.77. The number of hydrogen-bond acceptors (Lipinski definition) is 5. The minimum absolute atomic E-state index is 0.717. The summed E-state index contributed by atoms with van der Waals surface area (Å²) in [5, 5.41) is 9.10. The molecule has 1 aromatic carbocycles. The van der Waals surface area contributed by atoms with Gasteiger partial charge in [0.25, 0.3) is 0 Å². The van der Waals surface area contributed by atoms with E-state index in [0.29, 0.717) is 0 Å². The number of ether oxygens (including phenoxy) is 1. The van der Waals surface area contributed by atoms with Crippen LogP contribution in [-0.4, -0.2) is 31.3 Å². The molecule has 6 nitrogen and oxygen atoms in total. The average Bonchev–Trinajstić information content (AvgIpc) is 3.27. The number of aryl methyl sites for hydroxylation is 1. The van der Waals surface area contributed by atoms with Gasteiger partial charge in [0.2, 0.25) is 0 Å². The quantitative estimate of drug-likeness (QED) is 0.515. The van der Waals surface area contributed by atoms with Crippen molar-refractivity contribution in [2.45, 2.75) is 17.8 Å². The second-order valence-electron chi connectivity index (χ2n) is 5.60. The molecular formula is C18H17N5OS. The van der Waals surface area contributed by atoms with Crippen molar-refractivity contribution in [3.05, 3.63) is 66.4 Å². The Hall–Kier alpha value is -2.80. The minimum atomic E-state index is 0.717. The van der Waals surface area contributed by atoms with Crippen LogP contribution in [0.2, 0.25) is 0 Å². The highest BCUT2D eigenvalue weighted by Crippen LogP contribution is 2.28. The molecule has 0 unspecified atom stereocenters. The lowest BCUT2D eigenvalue weighted by Gasteiger charge is -2.10. The van der Waals surface area contributed by atoms with Crippen LogP contribution in [0.4, 0.5) is 0 Å². The van der Waals surface area contributed by atoms with Crippen LogP contribution in [0, 0.1) is 6.92 Å². The smallest absolute Gasteiger partial charge is 0.196 e. The Morgan fingerprint density at radius 2 is 2.04 bits per heavy atom. The van der Waals surface area contributed by atoms with E-state index in [0.717, 1.165) is 39.3 Å². The van der Waals surface area contributed by atoms with Crippen LogP contribution < -0.4 is 4.74 Å². The van der Waals surface area contributed by atoms with Gasteiger partial charge in [0.1, 0.15) is 17.7 Å². The van der Waals surface area contributed by atoms with E-state index in [2.05, 4.69) is 33.8 Å². The molecular weight excluding hydrogens is 334 g/mol. The lowest BCUT2D eigenvalue weighted by Crippen LogP contribution is -1.98. The van der Waals surface area contributed by atoms with Crippen molar-refractivity contribution in [3.63, 3.8) is 0 Å². The molecule has 0 bridgehead atoms. The van der Waals surface area contributed by atoms with E-state index in [1.807, 2.05) is 41.1 Å². The number of hydrogen-bond donors (Lipinski definition) is 0. The molecule has 4 aromatic rings. The molecule has 3 aromatic heterocycles. The number of fused-ring (bicyclic) bond motifs is 1. The zero-order valence-electron chi connectivity index (χ0n) is 14.0. The molecule has 0 aliphatic carbocycles. The Labute approximate surface area is 149 Å². The van der Waals surface area contributed by atoms with Crippen LogP contribution in [0.25, 0.3) is 11.3 Å². The van der Waals surface area contributed by atoms with Gasteiger partial charge in [-0.25, -0.2) is 4.98 Å². The second-order valence-corrected chi connectivity index (χ2v) is 6.54. The normalized spacial score (nSPS) is 11.1. The molecule has 0 fully saturated rings. The first-order chi connectivity index (χ1) is 12.3. The Morgan fingerprint density at radius 3 is 2.88 bits per heavy atom. The number of methoxy groups -OCH3 is 1. The lowest BCUT2D eigenvalue weighted by molar-refractivity contribution is 0.412. The van der Waals surface area contributed by atoms with Gasteiger partial charge in [-0.3, -0.25) is 4.57 Å². The molecule has 25 heavy (non-hydrogen) atoms. The van der Waals surface area contributed by atoms with Gasteiger partial charge in [-0.1, -0.05) is 30.0 Å². The highest BCUT2D eigenvalue weighted by Gasteiger charge is 2.12. The predicted octanol–water partition coefficient (Wildman–Crippen LogP) is 3.52. The van der Waals surface area contributed by atoms with Crippen molar-refractivity contribution < 1.29 is 4.74 Å². The van der Waals surface area contributed by atoms with Crippen molar-refractivity contribution in [2.75, 3.05) is 7.11 Å². The standard InChI is InChI=1S/C18H17N5OS/c1-13-6-5-9-22-10-14(20-17(13)22)11-25-18-21-19-12-23(18)15-7-3-4-8-16(15)24-2/h3-10,12H,11H2,1-2H3. The first-order valence-electron chi connectivity index (χ1n) is 7.85. The average molecular weight is 351 g/mol. The summed E-state index contributed by atoms with van der Waals surface area (Å²) in [5.74, 6) is 1.50. The number of imidazole rings is 1. The maximum absolute atomic E-state index is 5.44. The fraction of sp³-hybridized carbons (Fsp3) is 0.167. The van der Waals surface area contributed by atoms with E-state index in [9.17, 15) is 0 Å². The molecule has 126 valence electrons. The summed E-state index contributed by atoms with van der Waals surface area (Å²) < 4.78 is 9.43. The highest BCUT2D eigenvalue weighted by molar-refractivity contribution is 7.98. The van der Waals surface area contributed by atoms with E-state index < -0.39 is 0 Å². The molecule has 0 saturated carbocycles. The van der Waals surface area contributed by atoms with E-state index in [1.165, 1.54) is 0 Å². The summed E-state index contributed by atoms with van der Waals surface area (Å²) in [6.45, 7) is 2.07. The van der Waals surface area contributed by atoms with Gasteiger partial charge in [0.15, 0.2) is 5.16 Å². The number of pyridine rings is 1. The van der Waals surface area contributed by atoms with Crippen LogP contribution in [0.5, 0.6) is 5.75 Å². The molecule has 0 radical (unpaired) electrons. The Bertz CT molecular complexity index is 1020. The van der Waals surface area contributed by atoms with Crippen LogP contribution >= 0.6 is 11.8 Å². The maximum atomic E-state index is 5.44. The molecule has 7 heteroatoms. The third-order valence-electron chi connectivity index (χ3n) is 3.94. The lowest BCUT2D eigenvalue weighted by atomic mass is 10.3. The van der Waals surface area contributed by atoms with E-state index in [-0.39, 0.29) is 0 Å². The van der Waals surface area contributed by atoms with Crippen molar-refractivity contribution in [3.8, 4) is 11.4 Å². The first kappa shape index (κ1) is 15.7. The molecule has 0 aliphatic heterocycles. The summed E-state index contributed by atoms with van der Waals surface area (Å²) >= 11 is 1.60. The van der Waals surface area contributed by atoms with E-state index >= 15 is 0 Å². The van der Waals surface area contributed by atoms with E-state index in [4.69, 9.17) is 9.72 Å². The first-order valence-corrected chi connectivity index (χ1v) is 8.84. The van der Waals surface area contributed by atoms with Gasteiger partial charge < -0.3 is 9.14 Å². The Morgan fingerprint density at radius 1 is 1.16 bits per heavy atom. The third-order valence-corrected chi connectivity index (χ3v) is 4.91. The SMILES string of the molecule is COc1ccccc1-n1cnnc1SCc1cn2cccc(C)c2n1. The largest absolute Gasteiger partial charge is 0.495 e. The van der Waals surface area contributed by atoms with Crippen molar-refractivity contribution in [2.24, 2.45) is 0 Å². The third kappa shape index (κ3) is 2.98. The van der Waals surface area contributed by atoms with Gasteiger partial charge in [0.05, 0.1) is 18.5 Å². The zero-order chi connectivity index (χ0) is 17.2. The Kier molecular flexibility index (Phi) is 4.15. The number of thioether (sulfide) groups is 1. The van der Waals surface area contributed by atoms with Gasteiger partial charge in [-0.2, -0.15) is 0 Å². The number of benzene rings is 1. The number of rotatable bonds is 5. The molecule has 0 N–H and O–H groups in total. The van der Waals surface area contributed by atoms with Crippen LogP contribution in [0.15, 0.2) is 60.3 Å². The molecule has 0 amide bonds. The maximum Gasteiger partial charge on any atom is 0.196 e. The molecule has 0 aliphatic rings. The minimum Gasteiger partial charge on any atom is -0.495 e. The number of aromatic nitrogens is 5. The van der Waals surface area contributed by atoms with Crippen LogP contribution in [0.1, 0.15) is 11.3 Å². The molecule has 0 atom stereocenters. The fourth-order valence-corrected chi connectivity index (χ4v) is 3.53. The predicted molar refractivity (Wildman–Crippen MR) is 97.4 cm³/mol. The van der Waals surface area contributed by atoms with Gasteiger partial charge in [0, 0.05) is 18.1 Å². The van der Waals surface area contributed by atoms with Gasteiger partial charge in [-0.05, 0) is 30.7 Å². The Balaban J connectivity index is 1.60. The zero-order valence-corrected chi connectivity index (χ0v) is 14.8. The molecule has 3 heterocycles. The topological polar surface area (TPSA) is 57.2 Å². The molecule has 4 rings (SSSR count). The second kappa shape index (κ2) is 6.60. The van der Waals surface area contributed by atoms with Crippen molar-refractivity contribution in [1.82, 2.24) is 24.1 Å². The van der Waals surface area contributed by atoms with E-state index in [1.54, 1.807) is 25.2 Å². The summed E-state index contributed by atoms with van der Waals surface area (Å²) in [4.78, 5) is 4.71. The monoisotopic (exact) mass is 351 g/mol. The highest BCUT2D eigenvalue weighted by atomic mass is 32.2. The fourth-order valence-electron chi connectivity index (χ4n) is 2.73. The van der Waals surface area contributed by atoms with Crippen LogP contribution in [-0.2, 0) is 5.75 Å². The van der Waals surface area contributed by atoms with Gasteiger partial charge in [-0.15, -0.1) is 10.2 Å². The van der Waals surface area contributed by atoms with Crippen molar-refractivity contribution in [1.29, 1.82) is 0 Å². The molecule has 0 spiro atoms. The number of nitrogens with zero attached hydrogens (tertiary/aromatic N) is 5. The number of para-hydroxylation sites is 2. The van der Waals surface area contributed by atoms with Crippen LogP contribution in [0.3, 0.4) is 0 Å². The summed E-state index contributed by atoms with van der Waals surface area (Å²) in [7, 11) is 1.66. The van der Waals surface area contributed by atoms with Crippen molar-refractivity contribution >= 4 is 17.4 Å². The van der Waals surface area contributed by atoms with Gasteiger partial charge >= 0.3 is 0 Å². The summed E-state index contributed by atoms with van der Waals surface area (Å²) in [5.41, 5.74) is 4.08. The summed E-state index contributed by atoms with van der Waals surface area (Å²) in [6, 6.07) is 11.9. The molecule has 0 saturated heterocycles.